The fourth-order valence-corrected chi connectivity index (χ4v) is 2.14. The smallest absolute Gasteiger partial charge is 0.373 e. The Hall–Kier alpha value is -2.95. The minimum atomic E-state index is -0.410. The van der Waals surface area contributed by atoms with Crippen LogP contribution in [0.2, 0.25) is 0 Å². The van der Waals surface area contributed by atoms with Crippen LogP contribution in [0, 0.1) is 10.1 Å². The number of aromatic nitrogens is 1. The molecule has 0 bridgehead atoms. The van der Waals surface area contributed by atoms with Gasteiger partial charge < -0.3 is 4.42 Å². The fourth-order valence-electron chi connectivity index (χ4n) is 2.14. The van der Waals surface area contributed by atoms with Gasteiger partial charge in [0.1, 0.15) is 7.05 Å². The summed E-state index contributed by atoms with van der Waals surface area (Å²) in [6.45, 7) is 0. The predicted molar refractivity (Wildman–Crippen MR) is 79.4 cm³/mol. The van der Waals surface area contributed by atoms with E-state index in [1.165, 1.54) is 12.1 Å². The van der Waals surface area contributed by atoms with Crippen LogP contribution in [0.3, 0.4) is 0 Å². The zero-order chi connectivity index (χ0) is 14.8. The highest BCUT2D eigenvalue weighted by Crippen LogP contribution is 2.16. The number of oxazole rings is 1. The van der Waals surface area contributed by atoms with E-state index in [0.717, 1.165) is 22.6 Å². The number of hydrogen-bond donors (Lipinski definition) is 0. The first-order chi connectivity index (χ1) is 10.1. The summed E-state index contributed by atoms with van der Waals surface area (Å²) in [6.07, 6.45) is 3.71. The molecule has 5 heteroatoms. The van der Waals surface area contributed by atoms with Gasteiger partial charge in [-0.05, 0) is 29.8 Å². The molecule has 5 nitrogen and oxygen atoms in total. The third kappa shape index (κ3) is 2.53. The second kappa shape index (κ2) is 5.20. The molecule has 0 saturated heterocycles. The number of nitro groups is 1. The molecule has 2 aromatic carbocycles. The average molecular weight is 281 g/mol. The maximum atomic E-state index is 10.6. The lowest BCUT2D eigenvalue weighted by Gasteiger charge is -1.92. The quantitative estimate of drug-likeness (QED) is 0.420. The van der Waals surface area contributed by atoms with Gasteiger partial charge in [-0.1, -0.05) is 12.1 Å². The van der Waals surface area contributed by atoms with Crippen molar-refractivity contribution in [2.45, 2.75) is 0 Å². The van der Waals surface area contributed by atoms with Crippen LogP contribution in [-0.4, -0.2) is 4.92 Å². The van der Waals surface area contributed by atoms with Crippen molar-refractivity contribution in [1.29, 1.82) is 0 Å². The molecule has 1 heterocycles. The predicted octanol–water partition coefficient (Wildman–Crippen LogP) is 3.34. The van der Waals surface area contributed by atoms with E-state index in [2.05, 4.69) is 0 Å². The lowest BCUT2D eigenvalue weighted by molar-refractivity contribution is -0.651. The number of benzene rings is 2. The van der Waals surface area contributed by atoms with Gasteiger partial charge in [0.05, 0.1) is 11.0 Å². The van der Waals surface area contributed by atoms with Gasteiger partial charge in [0.15, 0.2) is 0 Å². The van der Waals surface area contributed by atoms with Crippen LogP contribution >= 0.6 is 0 Å². The molecule has 1 aromatic heterocycles. The molecule has 0 amide bonds. The van der Waals surface area contributed by atoms with Gasteiger partial charge in [0, 0.05) is 18.2 Å². The van der Waals surface area contributed by atoms with Crippen LogP contribution in [-0.2, 0) is 7.05 Å². The van der Waals surface area contributed by atoms with Crippen molar-refractivity contribution >= 4 is 28.9 Å². The van der Waals surface area contributed by atoms with Crippen molar-refractivity contribution in [3.05, 3.63) is 70.1 Å². The highest BCUT2D eigenvalue weighted by molar-refractivity contribution is 5.72. The number of non-ortho nitro benzene ring substituents is 1. The maximum Gasteiger partial charge on any atom is 0.373 e. The zero-order valence-electron chi connectivity index (χ0n) is 11.4. The molecule has 0 aliphatic heterocycles. The van der Waals surface area contributed by atoms with Crippen LogP contribution in [0.15, 0.2) is 52.9 Å². The summed E-state index contributed by atoms with van der Waals surface area (Å²) < 4.78 is 7.71. The first-order valence-corrected chi connectivity index (χ1v) is 6.45. The van der Waals surface area contributed by atoms with E-state index in [1.807, 2.05) is 48.0 Å². The number of para-hydroxylation sites is 2. The molecule has 0 fully saturated rings. The van der Waals surface area contributed by atoms with Crippen LogP contribution in [0.1, 0.15) is 11.5 Å². The summed E-state index contributed by atoms with van der Waals surface area (Å²) in [4.78, 5) is 10.2. The molecule has 0 N–H and O–H groups in total. The van der Waals surface area contributed by atoms with Gasteiger partial charge in [-0.25, -0.2) is 0 Å². The van der Waals surface area contributed by atoms with Gasteiger partial charge in [0.25, 0.3) is 11.2 Å². The molecule has 0 spiro atoms. The monoisotopic (exact) mass is 281 g/mol. The minimum Gasteiger partial charge on any atom is -0.398 e. The summed E-state index contributed by atoms with van der Waals surface area (Å²) in [5.74, 6) is 0.717. The summed E-state index contributed by atoms with van der Waals surface area (Å²) in [7, 11) is 1.93. The van der Waals surface area contributed by atoms with Crippen molar-refractivity contribution in [3.8, 4) is 0 Å². The summed E-state index contributed by atoms with van der Waals surface area (Å²) in [5.41, 5.74) is 2.80. The number of aryl methyl sites for hydroxylation is 1. The fraction of sp³-hybridized carbons (Fsp3) is 0.0625. The van der Waals surface area contributed by atoms with Gasteiger partial charge >= 0.3 is 5.89 Å². The SMILES string of the molecule is C[n+]1c(/C=C\c2ccc([N+](=O)[O-])cc2)oc2ccccc21. The van der Waals surface area contributed by atoms with E-state index < -0.39 is 4.92 Å². The average Bonchev–Trinajstić information content (AvgIpc) is 2.82. The van der Waals surface area contributed by atoms with Gasteiger partial charge in [0.2, 0.25) is 5.58 Å². The molecule has 0 saturated carbocycles. The van der Waals surface area contributed by atoms with Crippen LogP contribution < -0.4 is 4.57 Å². The molecule has 3 rings (SSSR count). The Morgan fingerprint density at radius 3 is 2.48 bits per heavy atom. The first kappa shape index (κ1) is 13.1. The molecule has 0 atom stereocenters. The van der Waals surface area contributed by atoms with E-state index in [-0.39, 0.29) is 5.69 Å². The molecule has 0 aliphatic rings. The number of nitrogens with zero attached hydrogens (tertiary/aromatic N) is 2. The lowest BCUT2D eigenvalue weighted by Crippen LogP contribution is -2.29. The maximum absolute atomic E-state index is 10.6. The van der Waals surface area contributed by atoms with E-state index in [1.54, 1.807) is 12.1 Å². The second-order valence-corrected chi connectivity index (χ2v) is 4.65. The molecule has 3 aromatic rings. The third-order valence-corrected chi connectivity index (χ3v) is 3.29. The Kier molecular flexibility index (Phi) is 3.23. The number of nitro benzene ring substituents is 1. The van der Waals surface area contributed by atoms with Crippen molar-refractivity contribution < 1.29 is 13.9 Å². The van der Waals surface area contributed by atoms with E-state index in [9.17, 15) is 10.1 Å². The second-order valence-electron chi connectivity index (χ2n) is 4.65. The van der Waals surface area contributed by atoms with Gasteiger partial charge in [-0.3, -0.25) is 10.1 Å². The highest BCUT2D eigenvalue weighted by Gasteiger charge is 2.15. The Bertz CT molecular complexity index is 832. The Morgan fingerprint density at radius 1 is 1.10 bits per heavy atom. The summed E-state index contributed by atoms with van der Waals surface area (Å²) in [5, 5.41) is 10.6. The molecule has 0 radical (unpaired) electrons. The van der Waals surface area contributed by atoms with Crippen LogP contribution in [0.4, 0.5) is 5.69 Å². The molecule has 21 heavy (non-hydrogen) atoms. The normalized spacial score (nSPS) is 11.3. The molecule has 0 aliphatic carbocycles. The third-order valence-electron chi connectivity index (χ3n) is 3.29. The minimum absolute atomic E-state index is 0.0847. The number of hydrogen-bond acceptors (Lipinski definition) is 3. The Balaban J connectivity index is 1.90. The standard InChI is InChI=1S/C16H13N2O3/c1-17-14-4-2-3-5-15(14)21-16(17)11-8-12-6-9-13(10-7-12)18(19)20/h2-11H,1H3/q+1/b11-8-. The topological polar surface area (TPSA) is 60.2 Å². The lowest BCUT2D eigenvalue weighted by atomic mass is 10.2. The van der Waals surface area contributed by atoms with E-state index >= 15 is 0 Å². The van der Waals surface area contributed by atoms with Crippen molar-refractivity contribution in [3.63, 3.8) is 0 Å². The molecule has 104 valence electrons. The molecular weight excluding hydrogens is 268 g/mol. The van der Waals surface area contributed by atoms with Crippen molar-refractivity contribution in [2.24, 2.45) is 7.05 Å². The summed E-state index contributed by atoms with van der Waals surface area (Å²) >= 11 is 0. The zero-order valence-corrected chi connectivity index (χ0v) is 11.4. The molecule has 0 unspecified atom stereocenters. The number of fused-ring (bicyclic) bond motifs is 1. The van der Waals surface area contributed by atoms with E-state index in [4.69, 9.17) is 4.42 Å². The van der Waals surface area contributed by atoms with Crippen molar-refractivity contribution in [1.82, 2.24) is 0 Å². The molecular formula is C16H13N2O3+. The van der Waals surface area contributed by atoms with Crippen LogP contribution in [0.5, 0.6) is 0 Å². The number of rotatable bonds is 3. The van der Waals surface area contributed by atoms with Crippen LogP contribution in [0.25, 0.3) is 23.3 Å². The Morgan fingerprint density at radius 2 is 1.81 bits per heavy atom. The Labute approximate surface area is 120 Å². The largest absolute Gasteiger partial charge is 0.398 e. The highest BCUT2D eigenvalue weighted by atomic mass is 16.6. The van der Waals surface area contributed by atoms with E-state index in [0.29, 0.717) is 0 Å². The summed E-state index contributed by atoms with van der Waals surface area (Å²) in [6, 6.07) is 14.2. The first-order valence-electron chi connectivity index (χ1n) is 6.45. The van der Waals surface area contributed by atoms with Crippen molar-refractivity contribution in [2.75, 3.05) is 0 Å². The van der Waals surface area contributed by atoms with Gasteiger partial charge in [-0.2, -0.15) is 4.57 Å². The van der Waals surface area contributed by atoms with Gasteiger partial charge in [-0.15, -0.1) is 0 Å².